The van der Waals surface area contributed by atoms with Crippen molar-refractivity contribution in [2.24, 2.45) is 0 Å². The summed E-state index contributed by atoms with van der Waals surface area (Å²) in [6.45, 7) is 0. The van der Waals surface area contributed by atoms with Crippen LogP contribution < -0.4 is 5.32 Å². The van der Waals surface area contributed by atoms with Gasteiger partial charge in [-0.25, -0.2) is 4.98 Å². The minimum Gasteiger partial charge on any atom is -0.307 e. The van der Waals surface area contributed by atoms with Crippen LogP contribution in [-0.2, 0) is 12.8 Å². The molecule has 3 nitrogen and oxygen atoms in total. The Hall–Kier alpha value is -0.780. The summed E-state index contributed by atoms with van der Waals surface area (Å²) in [4.78, 5) is 11.7. The van der Waals surface area contributed by atoms with Gasteiger partial charge in [0.25, 0.3) is 0 Å². The van der Waals surface area contributed by atoms with Crippen molar-refractivity contribution in [2.45, 2.75) is 31.7 Å². The van der Waals surface area contributed by atoms with Crippen LogP contribution in [0.15, 0.2) is 11.7 Å². The van der Waals surface area contributed by atoms with E-state index in [9.17, 15) is 0 Å². The molecular weight excluding hydrogens is 250 g/mol. The summed E-state index contributed by atoms with van der Waals surface area (Å²) in [7, 11) is 1.99. The summed E-state index contributed by atoms with van der Waals surface area (Å²) in [6.07, 6.45) is 6.92. The first-order chi connectivity index (χ1) is 8.38. The van der Waals surface area contributed by atoms with Gasteiger partial charge in [0.1, 0.15) is 5.01 Å². The molecule has 90 valence electrons. The Morgan fingerprint density at radius 3 is 2.94 bits per heavy atom. The minimum atomic E-state index is 0.220. The maximum Gasteiger partial charge on any atom is 0.116 e. The van der Waals surface area contributed by atoms with Crippen LogP contribution in [0.2, 0.25) is 0 Å². The molecule has 1 aliphatic rings. The van der Waals surface area contributed by atoms with Crippen LogP contribution in [0, 0.1) is 0 Å². The lowest BCUT2D eigenvalue weighted by Crippen LogP contribution is -2.16. The van der Waals surface area contributed by atoms with Crippen molar-refractivity contribution >= 4 is 22.7 Å². The summed E-state index contributed by atoms with van der Waals surface area (Å²) < 4.78 is 0. The van der Waals surface area contributed by atoms with Gasteiger partial charge in [0.2, 0.25) is 0 Å². The first kappa shape index (κ1) is 11.3. The second-order valence-electron chi connectivity index (χ2n) is 4.25. The zero-order valence-corrected chi connectivity index (χ0v) is 11.4. The van der Waals surface area contributed by atoms with E-state index in [1.54, 1.807) is 11.3 Å². The third kappa shape index (κ3) is 2.14. The Kier molecular flexibility index (Phi) is 3.22. The first-order valence-corrected chi connectivity index (χ1v) is 7.62. The molecule has 0 radical (unpaired) electrons. The van der Waals surface area contributed by atoms with Crippen molar-refractivity contribution in [1.82, 2.24) is 15.3 Å². The molecule has 1 N–H and O–H groups in total. The number of fused-ring (bicyclic) bond motifs is 1. The number of thiazole rings is 2. The Morgan fingerprint density at radius 1 is 1.35 bits per heavy atom. The van der Waals surface area contributed by atoms with E-state index in [2.05, 4.69) is 10.3 Å². The average molecular weight is 265 g/mol. The summed E-state index contributed by atoms with van der Waals surface area (Å²) in [5.41, 5.74) is 3.22. The molecule has 2 aromatic heterocycles. The predicted molar refractivity (Wildman–Crippen MR) is 71.8 cm³/mol. The standard InChI is InChI=1S/C12H15N3S2/c1-13-11(10-6-14-7-16-10)12-15-8-4-2-3-5-9(8)17-12/h6-7,11,13H,2-5H2,1H3. The molecule has 5 heteroatoms. The largest absolute Gasteiger partial charge is 0.307 e. The number of nitrogens with one attached hydrogen (secondary N) is 1. The van der Waals surface area contributed by atoms with Gasteiger partial charge < -0.3 is 5.32 Å². The maximum absolute atomic E-state index is 4.81. The van der Waals surface area contributed by atoms with Crippen LogP contribution in [0.4, 0.5) is 0 Å². The molecule has 0 saturated heterocycles. The van der Waals surface area contributed by atoms with Crippen molar-refractivity contribution in [3.05, 3.63) is 32.2 Å². The lowest BCUT2D eigenvalue weighted by Gasteiger charge is -2.09. The van der Waals surface area contributed by atoms with Gasteiger partial charge in [-0.2, -0.15) is 0 Å². The van der Waals surface area contributed by atoms with Gasteiger partial charge in [0.05, 0.1) is 17.2 Å². The number of aromatic nitrogens is 2. The van der Waals surface area contributed by atoms with Gasteiger partial charge in [-0.15, -0.1) is 22.7 Å². The Bertz CT molecular complexity index is 466. The highest BCUT2D eigenvalue weighted by atomic mass is 32.1. The molecule has 17 heavy (non-hydrogen) atoms. The fourth-order valence-corrected chi connectivity index (χ4v) is 4.34. The van der Waals surface area contributed by atoms with Gasteiger partial charge in [-0.1, -0.05) is 0 Å². The van der Waals surface area contributed by atoms with Gasteiger partial charge in [-0.05, 0) is 32.7 Å². The topological polar surface area (TPSA) is 37.8 Å². The van der Waals surface area contributed by atoms with E-state index in [0.717, 1.165) is 6.42 Å². The van der Waals surface area contributed by atoms with E-state index in [4.69, 9.17) is 4.98 Å². The number of hydrogen-bond acceptors (Lipinski definition) is 5. The molecule has 0 aliphatic heterocycles. The average Bonchev–Trinajstić information content (AvgIpc) is 2.98. The number of hydrogen-bond donors (Lipinski definition) is 1. The predicted octanol–water partition coefficient (Wildman–Crippen LogP) is 2.79. The zero-order valence-electron chi connectivity index (χ0n) is 9.77. The number of rotatable bonds is 3. The first-order valence-electron chi connectivity index (χ1n) is 5.92. The SMILES string of the molecule is CNC(c1cncs1)c1nc2c(s1)CCCC2. The van der Waals surface area contributed by atoms with Gasteiger partial charge in [0.15, 0.2) is 0 Å². The van der Waals surface area contributed by atoms with E-state index >= 15 is 0 Å². The van der Waals surface area contributed by atoms with E-state index in [-0.39, 0.29) is 6.04 Å². The third-order valence-corrected chi connectivity index (χ3v) is 5.20. The molecule has 0 fully saturated rings. The summed E-state index contributed by atoms with van der Waals surface area (Å²) in [6, 6.07) is 0.220. The van der Waals surface area contributed by atoms with Crippen LogP contribution in [0.1, 0.15) is 39.3 Å². The molecule has 0 amide bonds. The lowest BCUT2D eigenvalue weighted by molar-refractivity contribution is 0.665. The highest BCUT2D eigenvalue weighted by Gasteiger charge is 2.21. The smallest absolute Gasteiger partial charge is 0.116 e. The molecule has 1 unspecified atom stereocenters. The van der Waals surface area contributed by atoms with E-state index in [1.165, 1.54) is 39.7 Å². The monoisotopic (exact) mass is 265 g/mol. The van der Waals surface area contributed by atoms with Gasteiger partial charge in [0, 0.05) is 16.0 Å². The quantitative estimate of drug-likeness (QED) is 0.927. The summed E-state index contributed by atoms with van der Waals surface area (Å²) >= 11 is 3.56. The molecule has 3 rings (SSSR count). The Balaban J connectivity index is 1.94. The maximum atomic E-state index is 4.81. The van der Waals surface area contributed by atoms with Crippen LogP contribution in [0.5, 0.6) is 0 Å². The molecule has 1 atom stereocenters. The van der Waals surface area contributed by atoms with Crippen molar-refractivity contribution in [1.29, 1.82) is 0 Å². The molecule has 0 bridgehead atoms. The number of nitrogens with zero attached hydrogens (tertiary/aromatic N) is 2. The molecular formula is C12H15N3S2. The van der Waals surface area contributed by atoms with Crippen molar-refractivity contribution < 1.29 is 0 Å². The normalized spacial score (nSPS) is 16.8. The zero-order chi connectivity index (χ0) is 11.7. The van der Waals surface area contributed by atoms with Crippen LogP contribution in [0.25, 0.3) is 0 Å². The fourth-order valence-electron chi connectivity index (χ4n) is 2.25. The summed E-state index contributed by atoms with van der Waals surface area (Å²) in [5, 5.41) is 4.55. The van der Waals surface area contributed by atoms with E-state index < -0.39 is 0 Å². The molecule has 0 spiro atoms. The highest BCUT2D eigenvalue weighted by Crippen LogP contribution is 2.33. The van der Waals surface area contributed by atoms with Crippen molar-refractivity contribution in [2.75, 3.05) is 7.05 Å². The Morgan fingerprint density at radius 2 is 2.24 bits per heavy atom. The van der Waals surface area contributed by atoms with Crippen LogP contribution in [-0.4, -0.2) is 17.0 Å². The molecule has 2 aromatic rings. The second kappa shape index (κ2) is 4.84. The molecule has 0 saturated carbocycles. The molecule has 2 heterocycles. The van der Waals surface area contributed by atoms with E-state index in [0.29, 0.717) is 0 Å². The second-order valence-corrected chi connectivity index (χ2v) is 6.29. The van der Waals surface area contributed by atoms with Crippen LogP contribution >= 0.6 is 22.7 Å². The Labute approximate surface area is 109 Å². The van der Waals surface area contributed by atoms with Crippen LogP contribution in [0.3, 0.4) is 0 Å². The summed E-state index contributed by atoms with van der Waals surface area (Å²) in [5.74, 6) is 0. The van der Waals surface area contributed by atoms with E-state index in [1.807, 2.05) is 30.1 Å². The minimum absolute atomic E-state index is 0.220. The van der Waals surface area contributed by atoms with Crippen molar-refractivity contribution in [3.63, 3.8) is 0 Å². The highest BCUT2D eigenvalue weighted by molar-refractivity contribution is 7.12. The van der Waals surface area contributed by atoms with Gasteiger partial charge >= 0.3 is 0 Å². The lowest BCUT2D eigenvalue weighted by atomic mass is 10.0. The van der Waals surface area contributed by atoms with Crippen molar-refractivity contribution in [3.8, 4) is 0 Å². The molecule has 1 aliphatic carbocycles. The molecule has 0 aromatic carbocycles. The van der Waals surface area contributed by atoms with Gasteiger partial charge in [-0.3, -0.25) is 4.98 Å². The number of aryl methyl sites for hydroxylation is 2. The fraction of sp³-hybridized carbons (Fsp3) is 0.500. The third-order valence-electron chi connectivity index (χ3n) is 3.13.